The molecule has 1 N–H and O–H groups in total. The summed E-state index contributed by atoms with van der Waals surface area (Å²) in [4.78, 5) is 12.2. The van der Waals surface area contributed by atoms with Gasteiger partial charge in [0.25, 0.3) is 5.91 Å². The number of hydrogen-bond donors (Lipinski definition) is 1. The smallest absolute Gasteiger partial charge is 0.252 e. The highest BCUT2D eigenvalue weighted by Gasteiger charge is 2.10. The van der Waals surface area contributed by atoms with E-state index in [1.54, 1.807) is 6.07 Å². The van der Waals surface area contributed by atoms with Gasteiger partial charge in [0.05, 0.1) is 5.56 Å². The van der Waals surface area contributed by atoms with Crippen LogP contribution in [0.2, 0.25) is 0 Å². The first-order chi connectivity index (χ1) is 9.60. The number of benzene rings is 2. The molecule has 0 saturated carbocycles. The molecule has 0 aliphatic heterocycles. The van der Waals surface area contributed by atoms with Gasteiger partial charge in [0.15, 0.2) is 0 Å². The van der Waals surface area contributed by atoms with Crippen LogP contribution in [0.1, 0.15) is 28.4 Å². The van der Waals surface area contributed by atoms with E-state index in [0.717, 1.165) is 20.9 Å². The summed E-state index contributed by atoms with van der Waals surface area (Å²) in [5.41, 5.74) is 3.03. The van der Waals surface area contributed by atoms with Gasteiger partial charge in [0.1, 0.15) is 0 Å². The van der Waals surface area contributed by atoms with E-state index in [4.69, 9.17) is 0 Å². The highest BCUT2D eigenvalue weighted by molar-refractivity contribution is 9.11. The van der Waals surface area contributed by atoms with Gasteiger partial charge in [-0.2, -0.15) is 0 Å². The maximum absolute atomic E-state index is 12.2. The average molecular weight is 397 g/mol. The molecule has 0 fully saturated rings. The molecule has 104 valence electrons. The molecule has 0 bridgehead atoms. The maximum Gasteiger partial charge on any atom is 0.252 e. The Balaban J connectivity index is 2.02. The van der Waals surface area contributed by atoms with Gasteiger partial charge in [-0.1, -0.05) is 47.1 Å². The molecule has 0 aromatic heterocycles. The zero-order chi connectivity index (χ0) is 14.5. The van der Waals surface area contributed by atoms with Crippen molar-refractivity contribution in [3.8, 4) is 0 Å². The van der Waals surface area contributed by atoms with Crippen LogP contribution in [0.4, 0.5) is 0 Å². The minimum absolute atomic E-state index is 0.0854. The standard InChI is InChI=1S/C16H15Br2NO/c1-2-11-3-5-12(6-4-11)10-19-16(20)14-9-13(17)7-8-15(14)18/h3-9H,2,10H2,1H3,(H,19,20). The van der Waals surface area contributed by atoms with Crippen LogP contribution in [0.15, 0.2) is 51.4 Å². The molecule has 2 aromatic carbocycles. The number of rotatable bonds is 4. The summed E-state index contributed by atoms with van der Waals surface area (Å²) in [6.07, 6.45) is 1.03. The zero-order valence-electron chi connectivity index (χ0n) is 11.1. The molecule has 0 heterocycles. The molecule has 20 heavy (non-hydrogen) atoms. The summed E-state index contributed by atoms with van der Waals surface area (Å²) >= 11 is 6.77. The van der Waals surface area contributed by atoms with Crippen LogP contribution in [0.3, 0.4) is 0 Å². The van der Waals surface area contributed by atoms with E-state index in [1.165, 1.54) is 5.56 Å². The Kier molecular flexibility index (Phi) is 5.38. The normalized spacial score (nSPS) is 10.3. The minimum Gasteiger partial charge on any atom is -0.348 e. The molecule has 2 nitrogen and oxygen atoms in total. The van der Waals surface area contributed by atoms with Gasteiger partial charge in [0.2, 0.25) is 0 Å². The number of carbonyl (C=O) groups excluding carboxylic acids is 1. The molecule has 0 aliphatic carbocycles. The lowest BCUT2D eigenvalue weighted by Gasteiger charge is -2.08. The summed E-state index contributed by atoms with van der Waals surface area (Å²) in [6, 6.07) is 13.8. The van der Waals surface area contributed by atoms with E-state index in [9.17, 15) is 4.79 Å². The molecule has 2 rings (SSSR count). The highest BCUT2D eigenvalue weighted by Crippen LogP contribution is 2.21. The summed E-state index contributed by atoms with van der Waals surface area (Å²) in [5.74, 6) is -0.0854. The van der Waals surface area contributed by atoms with Crippen molar-refractivity contribution in [2.75, 3.05) is 0 Å². The van der Waals surface area contributed by atoms with Crippen LogP contribution in [-0.4, -0.2) is 5.91 Å². The fourth-order valence-electron chi connectivity index (χ4n) is 1.84. The van der Waals surface area contributed by atoms with Crippen LogP contribution in [0, 0.1) is 0 Å². The lowest BCUT2D eigenvalue weighted by Crippen LogP contribution is -2.23. The SMILES string of the molecule is CCc1ccc(CNC(=O)c2cc(Br)ccc2Br)cc1. The average Bonchev–Trinajstić information content (AvgIpc) is 2.47. The first kappa shape index (κ1) is 15.3. The zero-order valence-corrected chi connectivity index (χ0v) is 14.3. The van der Waals surface area contributed by atoms with Gasteiger partial charge < -0.3 is 5.32 Å². The summed E-state index contributed by atoms with van der Waals surface area (Å²) < 4.78 is 1.68. The Morgan fingerprint density at radius 1 is 1.05 bits per heavy atom. The van der Waals surface area contributed by atoms with Gasteiger partial charge in [-0.25, -0.2) is 0 Å². The monoisotopic (exact) mass is 395 g/mol. The van der Waals surface area contributed by atoms with Crippen LogP contribution in [-0.2, 0) is 13.0 Å². The molecule has 0 unspecified atom stereocenters. The molecule has 0 spiro atoms. The van der Waals surface area contributed by atoms with Crippen molar-refractivity contribution < 1.29 is 4.79 Å². The number of hydrogen-bond acceptors (Lipinski definition) is 1. The fourth-order valence-corrected chi connectivity index (χ4v) is 2.63. The van der Waals surface area contributed by atoms with E-state index >= 15 is 0 Å². The molecular weight excluding hydrogens is 382 g/mol. The molecule has 0 saturated heterocycles. The molecule has 4 heteroatoms. The first-order valence-corrected chi connectivity index (χ1v) is 8.00. The lowest BCUT2D eigenvalue weighted by molar-refractivity contribution is 0.0950. The summed E-state index contributed by atoms with van der Waals surface area (Å²) in [5, 5.41) is 2.93. The Bertz CT molecular complexity index is 608. The van der Waals surface area contributed by atoms with Crippen LogP contribution >= 0.6 is 31.9 Å². The Hall–Kier alpha value is -1.13. The van der Waals surface area contributed by atoms with Crippen molar-refractivity contribution >= 4 is 37.8 Å². The number of nitrogens with one attached hydrogen (secondary N) is 1. The van der Waals surface area contributed by atoms with Gasteiger partial charge in [-0.05, 0) is 51.7 Å². The van der Waals surface area contributed by atoms with E-state index < -0.39 is 0 Å². The van der Waals surface area contributed by atoms with E-state index in [-0.39, 0.29) is 5.91 Å². The van der Waals surface area contributed by atoms with Crippen LogP contribution in [0.25, 0.3) is 0 Å². The lowest BCUT2D eigenvalue weighted by atomic mass is 10.1. The third-order valence-electron chi connectivity index (χ3n) is 3.06. The Morgan fingerprint density at radius 2 is 1.70 bits per heavy atom. The van der Waals surface area contributed by atoms with Crippen molar-refractivity contribution in [3.05, 3.63) is 68.1 Å². The minimum atomic E-state index is -0.0854. The predicted molar refractivity (Wildman–Crippen MR) is 88.8 cm³/mol. The maximum atomic E-state index is 12.2. The van der Waals surface area contributed by atoms with Crippen molar-refractivity contribution in [2.24, 2.45) is 0 Å². The molecular formula is C16H15Br2NO. The fraction of sp³-hybridized carbons (Fsp3) is 0.188. The molecule has 1 amide bonds. The highest BCUT2D eigenvalue weighted by atomic mass is 79.9. The van der Waals surface area contributed by atoms with Gasteiger partial charge in [0, 0.05) is 15.5 Å². The third kappa shape index (κ3) is 3.93. The molecule has 0 aliphatic rings. The second-order valence-electron chi connectivity index (χ2n) is 4.48. The summed E-state index contributed by atoms with van der Waals surface area (Å²) in [7, 11) is 0. The van der Waals surface area contributed by atoms with Crippen LogP contribution in [0.5, 0.6) is 0 Å². The predicted octanol–water partition coefficient (Wildman–Crippen LogP) is 4.70. The van der Waals surface area contributed by atoms with E-state index in [0.29, 0.717) is 12.1 Å². The largest absolute Gasteiger partial charge is 0.348 e. The summed E-state index contributed by atoms with van der Waals surface area (Å²) in [6.45, 7) is 2.66. The Morgan fingerprint density at radius 3 is 2.35 bits per heavy atom. The van der Waals surface area contributed by atoms with Gasteiger partial charge >= 0.3 is 0 Å². The third-order valence-corrected chi connectivity index (χ3v) is 4.24. The molecule has 0 radical (unpaired) electrons. The number of aryl methyl sites for hydroxylation is 1. The quantitative estimate of drug-likeness (QED) is 0.796. The van der Waals surface area contributed by atoms with Crippen molar-refractivity contribution in [1.29, 1.82) is 0 Å². The number of carbonyl (C=O) groups is 1. The van der Waals surface area contributed by atoms with Crippen molar-refractivity contribution in [2.45, 2.75) is 19.9 Å². The molecule has 2 aromatic rings. The van der Waals surface area contributed by atoms with Crippen molar-refractivity contribution in [3.63, 3.8) is 0 Å². The topological polar surface area (TPSA) is 29.1 Å². The number of halogens is 2. The van der Waals surface area contributed by atoms with E-state index in [1.807, 2.05) is 12.1 Å². The Labute approximate surface area is 135 Å². The van der Waals surface area contributed by atoms with E-state index in [2.05, 4.69) is 68.4 Å². The molecule has 0 atom stereocenters. The second-order valence-corrected chi connectivity index (χ2v) is 6.25. The van der Waals surface area contributed by atoms with Crippen LogP contribution < -0.4 is 5.32 Å². The second kappa shape index (κ2) is 7.04. The van der Waals surface area contributed by atoms with Crippen molar-refractivity contribution in [1.82, 2.24) is 5.32 Å². The first-order valence-electron chi connectivity index (χ1n) is 6.41. The number of amides is 1. The van der Waals surface area contributed by atoms with Gasteiger partial charge in [-0.3, -0.25) is 4.79 Å². The van der Waals surface area contributed by atoms with Gasteiger partial charge in [-0.15, -0.1) is 0 Å².